The fourth-order valence-electron chi connectivity index (χ4n) is 1.81. The molecule has 1 heterocycles. The lowest BCUT2D eigenvalue weighted by Gasteiger charge is -2.28. The number of carbonyl (C=O) groups is 2. The largest absolute Gasteiger partial charge is 0.478 e. The number of amides is 2. The number of aromatic carboxylic acids is 1. The minimum absolute atomic E-state index is 0.178. The minimum Gasteiger partial charge on any atom is -0.478 e. The number of urea groups is 1. The first kappa shape index (κ1) is 16.5. The minimum atomic E-state index is -1.02. The molecule has 0 aliphatic rings. The van der Waals surface area contributed by atoms with Gasteiger partial charge < -0.3 is 10.4 Å². The Hall–Kier alpha value is -1.56. The average Bonchev–Trinajstić information content (AvgIpc) is 2.64. The lowest BCUT2D eigenvalue weighted by molar-refractivity contribution is 0.0697. The second-order valence-electron chi connectivity index (χ2n) is 5.14. The third kappa shape index (κ3) is 3.50. The Labute approximate surface area is 123 Å². The zero-order chi connectivity index (χ0) is 15.5. The predicted octanol–water partition coefficient (Wildman–Crippen LogP) is 3.76. The number of nitrogens with one attached hydrogen (secondary N) is 2. The van der Waals surface area contributed by atoms with Crippen molar-refractivity contribution in [2.45, 2.75) is 53.0 Å². The summed E-state index contributed by atoms with van der Waals surface area (Å²) in [7, 11) is 0. The van der Waals surface area contributed by atoms with E-state index < -0.39 is 5.97 Å². The third-order valence-electron chi connectivity index (χ3n) is 3.80. The highest BCUT2D eigenvalue weighted by molar-refractivity contribution is 7.16. The number of anilines is 1. The summed E-state index contributed by atoms with van der Waals surface area (Å²) in [5.41, 5.74) is 0.596. The highest BCUT2D eigenvalue weighted by Crippen LogP contribution is 2.32. The fourth-order valence-corrected chi connectivity index (χ4v) is 2.86. The predicted molar refractivity (Wildman–Crippen MR) is 81.9 cm³/mol. The van der Waals surface area contributed by atoms with Gasteiger partial charge in [0.2, 0.25) is 0 Å². The average molecular weight is 298 g/mol. The van der Waals surface area contributed by atoms with Gasteiger partial charge in [-0.3, -0.25) is 5.32 Å². The molecule has 6 heteroatoms. The molecule has 1 aromatic rings. The van der Waals surface area contributed by atoms with Gasteiger partial charge in [0, 0.05) is 10.4 Å². The molecule has 5 nitrogen and oxygen atoms in total. The first-order chi connectivity index (χ1) is 9.24. The van der Waals surface area contributed by atoms with E-state index in [4.69, 9.17) is 0 Å². The summed E-state index contributed by atoms with van der Waals surface area (Å²) >= 11 is 1.29. The Morgan fingerprint density at radius 3 is 2.25 bits per heavy atom. The van der Waals surface area contributed by atoms with Crippen LogP contribution in [0.25, 0.3) is 0 Å². The van der Waals surface area contributed by atoms with Gasteiger partial charge in [-0.05, 0) is 39.2 Å². The molecule has 2 amide bonds. The quantitative estimate of drug-likeness (QED) is 0.774. The summed E-state index contributed by atoms with van der Waals surface area (Å²) in [6.45, 7) is 9.58. The molecule has 0 saturated heterocycles. The van der Waals surface area contributed by atoms with E-state index in [2.05, 4.69) is 10.6 Å². The zero-order valence-electron chi connectivity index (χ0n) is 12.6. The number of carboxylic acid groups (broad SMARTS) is 1. The maximum atomic E-state index is 12.0. The Morgan fingerprint density at radius 1 is 1.25 bits per heavy atom. The highest BCUT2D eigenvalue weighted by atomic mass is 32.1. The van der Waals surface area contributed by atoms with Crippen LogP contribution in [0.1, 0.15) is 54.4 Å². The molecule has 0 radical (unpaired) electrons. The topological polar surface area (TPSA) is 78.4 Å². The van der Waals surface area contributed by atoms with E-state index in [1.54, 1.807) is 6.92 Å². The molecule has 0 fully saturated rings. The van der Waals surface area contributed by atoms with Crippen LogP contribution in [0.2, 0.25) is 0 Å². The van der Waals surface area contributed by atoms with Crippen molar-refractivity contribution in [1.82, 2.24) is 5.32 Å². The number of aryl methyl sites for hydroxylation is 1. The van der Waals surface area contributed by atoms with Crippen LogP contribution in [-0.2, 0) is 0 Å². The second-order valence-corrected chi connectivity index (χ2v) is 6.36. The van der Waals surface area contributed by atoms with Crippen molar-refractivity contribution >= 4 is 28.3 Å². The van der Waals surface area contributed by atoms with Crippen molar-refractivity contribution in [2.75, 3.05) is 5.32 Å². The molecule has 1 rings (SSSR count). The number of hydrogen-bond acceptors (Lipinski definition) is 3. The van der Waals surface area contributed by atoms with Crippen LogP contribution in [0.5, 0.6) is 0 Å². The van der Waals surface area contributed by atoms with E-state index in [0.29, 0.717) is 10.6 Å². The van der Waals surface area contributed by atoms with Gasteiger partial charge in [-0.15, -0.1) is 11.3 Å². The summed E-state index contributed by atoms with van der Waals surface area (Å²) in [5, 5.41) is 15.2. The molecule has 1 aromatic heterocycles. The molecular formula is C14H22N2O3S. The lowest BCUT2D eigenvalue weighted by Crippen LogP contribution is -2.46. The van der Waals surface area contributed by atoms with E-state index in [0.717, 1.165) is 17.7 Å². The molecule has 20 heavy (non-hydrogen) atoms. The zero-order valence-corrected chi connectivity index (χ0v) is 13.4. The van der Waals surface area contributed by atoms with Crippen LogP contribution < -0.4 is 10.6 Å². The first-order valence-corrected chi connectivity index (χ1v) is 7.48. The van der Waals surface area contributed by atoms with E-state index in [1.807, 2.05) is 27.7 Å². The first-order valence-electron chi connectivity index (χ1n) is 6.66. The molecule has 0 aromatic carbocycles. The van der Waals surface area contributed by atoms with Gasteiger partial charge in [-0.2, -0.15) is 0 Å². The Kier molecular flexibility index (Phi) is 5.16. The summed E-state index contributed by atoms with van der Waals surface area (Å²) in [4.78, 5) is 24.2. The normalized spacial score (nSPS) is 11.2. The van der Waals surface area contributed by atoms with E-state index >= 15 is 0 Å². The van der Waals surface area contributed by atoms with Gasteiger partial charge in [-0.1, -0.05) is 13.8 Å². The van der Waals surface area contributed by atoms with Gasteiger partial charge >= 0.3 is 12.0 Å². The van der Waals surface area contributed by atoms with Gasteiger partial charge in [0.15, 0.2) is 0 Å². The van der Waals surface area contributed by atoms with Crippen molar-refractivity contribution in [2.24, 2.45) is 0 Å². The highest BCUT2D eigenvalue weighted by Gasteiger charge is 2.24. The summed E-state index contributed by atoms with van der Waals surface area (Å²) in [5.74, 6) is -1.02. The second kappa shape index (κ2) is 6.26. The number of thiophene rings is 1. The standard InChI is InChI=1S/C14H22N2O3S/c1-6-14(5,7-2)16-13(19)15-11-10(12(17)18)8(3)9(4)20-11/h6-7H2,1-5H3,(H,17,18)(H2,15,16,19). The Bertz CT molecular complexity index is 519. The maximum Gasteiger partial charge on any atom is 0.338 e. The van der Waals surface area contributed by atoms with Crippen molar-refractivity contribution in [3.05, 3.63) is 16.0 Å². The van der Waals surface area contributed by atoms with Crippen molar-refractivity contribution < 1.29 is 14.7 Å². The molecule has 3 N–H and O–H groups in total. The SMILES string of the molecule is CCC(C)(CC)NC(=O)Nc1sc(C)c(C)c1C(=O)O. The molecule has 0 saturated carbocycles. The third-order valence-corrected chi connectivity index (χ3v) is 4.92. The van der Waals surface area contributed by atoms with Crippen LogP contribution in [0, 0.1) is 13.8 Å². The Morgan fingerprint density at radius 2 is 1.80 bits per heavy atom. The van der Waals surface area contributed by atoms with Gasteiger partial charge in [-0.25, -0.2) is 9.59 Å². The molecule has 0 aliphatic heterocycles. The van der Waals surface area contributed by atoms with Gasteiger partial charge in [0.05, 0.1) is 5.56 Å². The van der Waals surface area contributed by atoms with Gasteiger partial charge in [0.1, 0.15) is 5.00 Å². The van der Waals surface area contributed by atoms with Crippen LogP contribution in [-0.4, -0.2) is 22.6 Å². The van der Waals surface area contributed by atoms with E-state index in [1.165, 1.54) is 11.3 Å². The maximum absolute atomic E-state index is 12.0. The van der Waals surface area contributed by atoms with Crippen molar-refractivity contribution in [3.63, 3.8) is 0 Å². The molecule has 0 aliphatic carbocycles. The van der Waals surface area contributed by atoms with Crippen LogP contribution in [0.15, 0.2) is 0 Å². The molecule has 112 valence electrons. The molecule has 0 spiro atoms. The van der Waals surface area contributed by atoms with E-state index in [-0.39, 0.29) is 17.1 Å². The fraction of sp³-hybridized carbons (Fsp3) is 0.571. The van der Waals surface area contributed by atoms with Crippen molar-refractivity contribution in [3.8, 4) is 0 Å². The summed E-state index contributed by atoms with van der Waals surface area (Å²) in [6.07, 6.45) is 1.62. The van der Waals surface area contributed by atoms with Gasteiger partial charge in [0.25, 0.3) is 0 Å². The number of carboxylic acids is 1. The van der Waals surface area contributed by atoms with Crippen molar-refractivity contribution in [1.29, 1.82) is 0 Å². The smallest absolute Gasteiger partial charge is 0.338 e. The summed E-state index contributed by atoms with van der Waals surface area (Å²) in [6, 6.07) is -0.361. The summed E-state index contributed by atoms with van der Waals surface area (Å²) < 4.78 is 0. The number of carbonyl (C=O) groups excluding carboxylic acids is 1. The molecular weight excluding hydrogens is 276 g/mol. The Balaban J connectivity index is 2.92. The monoisotopic (exact) mass is 298 g/mol. The lowest BCUT2D eigenvalue weighted by atomic mass is 9.96. The van der Waals surface area contributed by atoms with E-state index in [9.17, 15) is 14.7 Å². The number of rotatable bonds is 5. The molecule has 0 atom stereocenters. The number of hydrogen-bond donors (Lipinski definition) is 3. The van der Waals surface area contributed by atoms with Crippen LogP contribution in [0.4, 0.5) is 9.80 Å². The molecule has 0 bridgehead atoms. The van der Waals surface area contributed by atoms with Crippen LogP contribution in [0.3, 0.4) is 0 Å². The van der Waals surface area contributed by atoms with Crippen LogP contribution >= 0.6 is 11.3 Å². The molecule has 0 unspecified atom stereocenters.